The molecule has 1 aromatic heterocycles. The standard InChI is InChI=1S/C22H24ClN3O3S2/c1-2-25(18-10-11-31(28,29)15-18)21(27)14-30-22-24-19-12-17(23)8-9-20(19)26(22)13-16-6-4-3-5-7-16/h3-9,12,18H,2,10-11,13-15H2,1H3/t18-/m0/s1. The first-order valence-electron chi connectivity index (χ1n) is 10.2. The Balaban J connectivity index is 1.56. The number of nitrogens with zero attached hydrogens (tertiary/aromatic N) is 3. The zero-order valence-corrected chi connectivity index (χ0v) is 19.6. The number of imidazole rings is 1. The fourth-order valence-corrected chi connectivity index (χ4v) is 6.78. The van der Waals surface area contributed by atoms with E-state index >= 15 is 0 Å². The van der Waals surface area contributed by atoms with Crippen LogP contribution < -0.4 is 0 Å². The van der Waals surface area contributed by atoms with E-state index < -0.39 is 9.84 Å². The van der Waals surface area contributed by atoms with Gasteiger partial charge in [0.05, 0.1) is 34.8 Å². The van der Waals surface area contributed by atoms with Crippen molar-refractivity contribution >= 4 is 50.1 Å². The zero-order valence-electron chi connectivity index (χ0n) is 17.2. The minimum atomic E-state index is -3.04. The number of hydrogen-bond donors (Lipinski definition) is 0. The molecule has 0 spiro atoms. The van der Waals surface area contributed by atoms with Crippen LogP contribution in [0.2, 0.25) is 5.02 Å². The van der Waals surface area contributed by atoms with Crippen LogP contribution in [-0.4, -0.2) is 58.6 Å². The summed E-state index contributed by atoms with van der Waals surface area (Å²) in [6.07, 6.45) is 0.512. The Hall–Kier alpha value is -2.03. The van der Waals surface area contributed by atoms with Gasteiger partial charge < -0.3 is 9.47 Å². The van der Waals surface area contributed by atoms with E-state index in [1.165, 1.54) is 11.8 Å². The first-order chi connectivity index (χ1) is 14.9. The first kappa shape index (κ1) is 22.2. The number of sulfone groups is 1. The molecule has 2 heterocycles. The van der Waals surface area contributed by atoms with E-state index in [-0.39, 0.29) is 29.2 Å². The van der Waals surface area contributed by atoms with Crippen LogP contribution in [0.5, 0.6) is 0 Å². The largest absolute Gasteiger partial charge is 0.338 e. The second-order valence-electron chi connectivity index (χ2n) is 7.62. The number of rotatable bonds is 7. The van der Waals surface area contributed by atoms with Crippen molar-refractivity contribution in [2.24, 2.45) is 0 Å². The predicted molar refractivity (Wildman–Crippen MR) is 125 cm³/mol. The lowest BCUT2D eigenvalue weighted by atomic mass is 10.2. The SMILES string of the molecule is CCN(C(=O)CSc1nc2cc(Cl)ccc2n1Cc1ccccc1)[C@H]1CCS(=O)(=O)C1. The summed E-state index contributed by atoms with van der Waals surface area (Å²) in [6, 6.07) is 15.5. The van der Waals surface area contributed by atoms with E-state index in [9.17, 15) is 13.2 Å². The number of halogens is 1. The fourth-order valence-electron chi connectivity index (χ4n) is 3.98. The van der Waals surface area contributed by atoms with Crippen molar-refractivity contribution in [3.05, 3.63) is 59.1 Å². The summed E-state index contributed by atoms with van der Waals surface area (Å²) >= 11 is 7.53. The quantitative estimate of drug-likeness (QED) is 0.483. The average Bonchev–Trinajstić information content (AvgIpc) is 3.27. The van der Waals surface area contributed by atoms with Crippen LogP contribution in [-0.2, 0) is 21.2 Å². The smallest absolute Gasteiger partial charge is 0.233 e. The van der Waals surface area contributed by atoms with E-state index in [2.05, 4.69) is 16.7 Å². The lowest BCUT2D eigenvalue weighted by molar-refractivity contribution is -0.129. The Bertz CT molecular complexity index is 1200. The van der Waals surface area contributed by atoms with Crippen LogP contribution >= 0.6 is 23.4 Å². The van der Waals surface area contributed by atoms with Crippen molar-refractivity contribution in [2.75, 3.05) is 23.8 Å². The molecule has 1 amide bonds. The molecular formula is C22H24ClN3O3S2. The summed E-state index contributed by atoms with van der Waals surface area (Å²) in [5.41, 5.74) is 2.88. The number of carbonyl (C=O) groups is 1. The molecule has 6 nitrogen and oxygen atoms in total. The highest BCUT2D eigenvalue weighted by molar-refractivity contribution is 7.99. The maximum Gasteiger partial charge on any atom is 0.233 e. The summed E-state index contributed by atoms with van der Waals surface area (Å²) in [4.78, 5) is 19.4. The van der Waals surface area contributed by atoms with Crippen molar-refractivity contribution in [1.82, 2.24) is 14.5 Å². The van der Waals surface area contributed by atoms with E-state index in [0.717, 1.165) is 21.8 Å². The van der Waals surface area contributed by atoms with E-state index in [0.29, 0.717) is 24.5 Å². The van der Waals surface area contributed by atoms with E-state index in [1.807, 2.05) is 43.3 Å². The molecule has 4 rings (SSSR count). The molecule has 0 aliphatic carbocycles. The lowest BCUT2D eigenvalue weighted by Crippen LogP contribution is -2.42. The highest BCUT2D eigenvalue weighted by Crippen LogP contribution is 2.28. The van der Waals surface area contributed by atoms with Gasteiger partial charge in [-0.1, -0.05) is 53.7 Å². The third kappa shape index (κ3) is 5.07. The summed E-state index contributed by atoms with van der Waals surface area (Å²) in [7, 11) is -3.04. The number of benzene rings is 2. The van der Waals surface area contributed by atoms with Gasteiger partial charge in [-0.15, -0.1) is 0 Å². The van der Waals surface area contributed by atoms with Crippen LogP contribution in [0.25, 0.3) is 11.0 Å². The molecule has 1 aliphatic rings. The van der Waals surface area contributed by atoms with E-state index in [4.69, 9.17) is 16.6 Å². The molecule has 31 heavy (non-hydrogen) atoms. The normalized spacial score (nSPS) is 17.8. The third-order valence-electron chi connectivity index (χ3n) is 5.49. The molecule has 1 atom stereocenters. The topological polar surface area (TPSA) is 72.3 Å². The summed E-state index contributed by atoms with van der Waals surface area (Å²) in [6.45, 7) is 3.02. The van der Waals surface area contributed by atoms with Gasteiger partial charge in [-0.25, -0.2) is 13.4 Å². The molecule has 0 saturated carbocycles. The van der Waals surface area contributed by atoms with Gasteiger partial charge in [-0.2, -0.15) is 0 Å². The number of amides is 1. The van der Waals surface area contributed by atoms with Crippen molar-refractivity contribution in [1.29, 1.82) is 0 Å². The van der Waals surface area contributed by atoms with Gasteiger partial charge >= 0.3 is 0 Å². The van der Waals surface area contributed by atoms with Crippen molar-refractivity contribution < 1.29 is 13.2 Å². The Kier molecular flexibility index (Phi) is 6.60. The van der Waals surface area contributed by atoms with Gasteiger partial charge in [0.1, 0.15) is 0 Å². The molecule has 0 radical (unpaired) electrons. The first-order valence-corrected chi connectivity index (χ1v) is 13.4. The van der Waals surface area contributed by atoms with Gasteiger partial charge in [-0.05, 0) is 37.1 Å². The van der Waals surface area contributed by atoms with Crippen molar-refractivity contribution in [2.45, 2.75) is 31.1 Å². The number of fused-ring (bicyclic) bond motifs is 1. The molecule has 1 saturated heterocycles. The molecule has 0 N–H and O–H groups in total. The van der Waals surface area contributed by atoms with Crippen molar-refractivity contribution in [3.63, 3.8) is 0 Å². The Morgan fingerprint density at radius 3 is 2.71 bits per heavy atom. The maximum absolute atomic E-state index is 12.9. The second kappa shape index (κ2) is 9.22. The van der Waals surface area contributed by atoms with E-state index in [1.54, 1.807) is 4.90 Å². The number of aromatic nitrogens is 2. The number of thioether (sulfide) groups is 1. The minimum Gasteiger partial charge on any atom is -0.338 e. The minimum absolute atomic E-state index is 0.0578. The summed E-state index contributed by atoms with van der Waals surface area (Å²) in [5, 5.41) is 1.36. The van der Waals surface area contributed by atoms with Gasteiger partial charge in [0.25, 0.3) is 0 Å². The predicted octanol–water partition coefficient (Wildman–Crippen LogP) is 3.87. The van der Waals surface area contributed by atoms with Gasteiger partial charge in [0.2, 0.25) is 5.91 Å². The summed E-state index contributed by atoms with van der Waals surface area (Å²) < 4.78 is 25.8. The summed E-state index contributed by atoms with van der Waals surface area (Å²) in [5.74, 6) is 0.353. The average molecular weight is 478 g/mol. The van der Waals surface area contributed by atoms with Crippen molar-refractivity contribution in [3.8, 4) is 0 Å². The van der Waals surface area contributed by atoms with Crippen LogP contribution in [0, 0.1) is 0 Å². The molecule has 164 valence electrons. The number of carbonyl (C=O) groups excluding carboxylic acids is 1. The lowest BCUT2D eigenvalue weighted by Gasteiger charge is -2.26. The molecule has 0 bridgehead atoms. The van der Waals surface area contributed by atoms with Gasteiger partial charge in [-0.3, -0.25) is 4.79 Å². The molecule has 2 aromatic carbocycles. The van der Waals surface area contributed by atoms with Gasteiger partial charge in [0.15, 0.2) is 15.0 Å². The Labute approximate surface area is 191 Å². The Morgan fingerprint density at radius 2 is 2.03 bits per heavy atom. The molecule has 1 fully saturated rings. The molecular weight excluding hydrogens is 454 g/mol. The highest BCUT2D eigenvalue weighted by Gasteiger charge is 2.33. The molecule has 3 aromatic rings. The van der Waals surface area contributed by atoms with Crippen LogP contribution in [0.3, 0.4) is 0 Å². The zero-order chi connectivity index (χ0) is 22.0. The number of hydrogen-bond acceptors (Lipinski definition) is 5. The van der Waals surface area contributed by atoms with Crippen LogP contribution in [0.1, 0.15) is 18.9 Å². The monoisotopic (exact) mass is 477 g/mol. The third-order valence-corrected chi connectivity index (χ3v) is 8.44. The molecule has 9 heteroatoms. The fraction of sp³-hybridized carbons (Fsp3) is 0.364. The maximum atomic E-state index is 12.9. The van der Waals surface area contributed by atoms with Crippen LogP contribution in [0.15, 0.2) is 53.7 Å². The molecule has 0 unspecified atom stereocenters. The van der Waals surface area contributed by atoms with Crippen LogP contribution in [0.4, 0.5) is 0 Å². The highest BCUT2D eigenvalue weighted by atomic mass is 35.5. The molecule has 1 aliphatic heterocycles. The van der Waals surface area contributed by atoms with Gasteiger partial charge in [0, 0.05) is 17.6 Å². The Morgan fingerprint density at radius 1 is 1.26 bits per heavy atom. The second-order valence-corrected chi connectivity index (χ2v) is 11.2.